The molecule has 0 aliphatic carbocycles. The Hall–Kier alpha value is -2.80. The Morgan fingerprint density at radius 2 is 1.76 bits per heavy atom. The molecule has 0 fully saturated rings. The monoisotopic (exact) mass is 358 g/mol. The van der Waals surface area contributed by atoms with Gasteiger partial charge in [-0.2, -0.15) is 0 Å². The van der Waals surface area contributed by atoms with Crippen molar-refractivity contribution in [2.24, 2.45) is 0 Å². The molecule has 0 saturated carbocycles. The predicted molar refractivity (Wildman–Crippen MR) is 95.1 cm³/mol. The van der Waals surface area contributed by atoms with Crippen LogP contribution in [0, 0.1) is 6.92 Å². The van der Waals surface area contributed by atoms with Gasteiger partial charge in [-0.05, 0) is 43.7 Å². The van der Waals surface area contributed by atoms with E-state index in [-0.39, 0.29) is 10.8 Å². The molecule has 7 heteroatoms. The van der Waals surface area contributed by atoms with E-state index in [2.05, 4.69) is 9.88 Å². The van der Waals surface area contributed by atoms with Crippen LogP contribution in [0.3, 0.4) is 0 Å². The van der Waals surface area contributed by atoms with Crippen LogP contribution < -0.4 is 9.46 Å². The van der Waals surface area contributed by atoms with Crippen molar-refractivity contribution in [2.45, 2.75) is 18.7 Å². The highest BCUT2D eigenvalue weighted by Gasteiger charge is 2.20. The van der Waals surface area contributed by atoms with E-state index in [1.807, 2.05) is 38.1 Å². The van der Waals surface area contributed by atoms with Crippen LogP contribution >= 0.6 is 0 Å². The number of ether oxygens (including phenoxy) is 1. The lowest BCUT2D eigenvalue weighted by atomic mass is 10.1. The second kappa shape index (κ2) is 6.98. The summed E-state index contributed by atoms with van der Waals surface area (Å²) in [7, 11) is -3.79. The number of rotatable bonds is 6. The highest BCUT2D eigenvalue weighted by Crippen LogP contribution is 2.30. The first-order valence-electron chi connectivity index (χ1n) is 7.77. The maximum atomic E-state index is 12.6. The second-order valence-electron chi connectivity index (χ2n) is 5.44. The van der Waals surface area contributed by atoms with Gasteiger partial charge in [0.25, 0.3) is 10.0 Å². The Morgan fingerprint density at radius 3 is 2.40 bits per heavy atom. The van der Waals surface area contributed by atoms with E-state index < -0.39 is 10.0 Å². The number of sulfonamides is 1. The first kappa shape index (κ1) is 17.0. The van der Waals surface area contributed by atoms with Crippen molar-refractivity contribution in [2.75, 3.05) is 11.3 Å². The summed E-state index contributed by atoms with van der Waals surface area (Å²) in [6, 6.07) is 13.8. The lowest BCUT2D eigenvalue weighted by Gasteiger charge is -2.08. The van der Waals surface area contributed by atoms with Gasteiger partial charge in [0.15, 0.2) is 0 Å². The quantitative estimate of drug-likeness (QED) is 0.724. The standard InChI is InChI=1S/C18H18N2O4S/c1-3-23-15-8-10-16(11-9-15)25(21,22)20-18-17(12-19-24-18)14-6-4-13(2)5-7-14/h4-12,20H,3H2,1-2H3. The number of anilines is 1. The molecular formula is C18H18N2O4S. The molecule has 3 aromatic rings. The first-order valence-corrected chi connectivity index (χ1v) is 9.25. The largest absolute Gasteiger partial charge is 0.494 e. The molecule has 0 bridgehead atoms. The average Bonchev–Trinajstić information content (AvgIpc) is 3.04. The zero-order valence-electron chi connectivity index (χ0n) is 13.9. The van der Waals surface area contributed by atoms with Gasteiger partial charge in [0, 0.05) is 0 Å². The van der Waals surface area contributed by atoms with Crippen molar-refractivity contribution in [1.82, 2.24) is 5.16 Å². The van der Waals surface area contributed by atoms with Crippen molar-refractivity contribution < 1.29 is 17.7 Å². The van der Waals surface area contributed by atoms with E-state index in [1.165, 1.54) is 18.3 Å². The minimum atomic E-state index is -3.79. The topological polar surface area (TPSA) is 81.4 Å². The van der Waals surface area contributed by atoms with Crippen LogP contribution in [0.4, 0.5) is 5.88 Å². The fourth-order valence-corrected chi connectivity index (χ4v) is 3.32. The lowest BCUT2D eigenvalue weighted by Crippen LogP contribution is -2.13. The molecule has 130 valence electrons. The van der Waals surface area contributed by atoms with E-state index in [0.29, 0.717) is 17.9 Å². The van der Waals surface area contributed by atoms with Crippen molar-refractivity contribution in [3.05, 3.63) is 60.3 Å². The van der Waals surface area contributed by atoms with Crippen LogP contribution in [-0.2, 0) is 10.0 Å². The highest BCUT2D eigenvalue weighted by molar-refractivity contribution is 7.92. The third-order valence-electron chi connectivity index (χ3n) is 3.61. The molecule has 0 saturated heterocycles. The zero-order valence-corrected chi connectivity index (χ0v) is 14.7. The number of aryl methyl sites for hydroxylation is 1. The molecule has 0 amide bonds. The van der Waals surface area contributed by atoms with Crippen LogP contribution in [0.2, 0.25) is 0 Å². The van der Waals surface area contributed by atoms with E-state index in [4.69, 9.17) is 9.26 Å². The number of nitrogens with one attached hydrogen (secondary N) is 1. The van der Waals surface area contributed by atoms with Gasteiger partial charge in [0.05, 0.1) is 23.3 Å². The Kier molecular flexibility index (Phi) is 4.76. The molecule has 0 radical (unpaired) electrons. The molecule has 2 aromatic carbocycles. The number of hydrogen-bond acceptors (Lipinski definition) is 5. The van der Waals surface area contributed by atoms with Gasteiger partial charge in [-0.15, -0.1) is 0 Å². The third kappa shape index (κ3) is 3.83. The molecule has 25 heavy (non-hydrogen) atoms. The van der Waals surface area contributed by atoms with Gasteiger partial charge < -0.3 is 9.26 Å². The summed E-state index contributed by atoms with van der Waals surface area (Å²) < 4.78 is 38.0. The molecule has 1 heterocycles. The fraction of sp³-hybridized carbons (Fsp3) is 0.167. The fourth-order valence-electron chi connectivity index (χ4n) is 2.31. The first-order chi connectivity index (χ1) is 12.0. The predicted octanol–water partition coefficient (Wildman–Crippen LogP) is 3.85. The van der Waals surface area contributed by atoms with Gasteiger partial charge in [0.1, 0.15) is 5.75 Å². The molecule has 0 aliphatic heterocycles. The van der Waals surface area contributed by atoms with Gasteiger partial charge in [0.2, 0.25) is 5.88 Å². The van der Waals surface area contributed by atoms with Gasteiger partial charge in [-0.1, -0.05) is 35.0 Å². The van der Waals surface area contributed by atoms with Crippen molar-refractivity contribution >= 4 is 15.9 Å². The Labute approximate surface area is 146 Å². The van der Waals surface area contributed by atoms with Gasteiger partial charge >= 0.3 is 0 Å². The summed E-state index contributed by atoms with van der Waals surface area (Å²) >= 11 is 0. The van der Waals surface area contributed by atoms with E-state index in [0.717, 1.165) is 11.1 Å². The Balaban J connectivity index is 1.87. The van der Waals surface area contributed by atoms with Crippen LogP contribution in [-0.4, -0.2) is 20.2 Å². The minimum Gasteiger partial charge on any atom is -0.494 e. The van der Waals surface area contributed by atoms with Crippen LogP contribution in [0.25, 0.3) is 11.1 Å². The lowest BCUT2D eigenvalue weighted by molar-refractivity contribution is 0.340. The SMILES string of the molecule is CCOc1ccc(S(=O)(=O)Nc2oncc2-c2ccc(C)cc2)cc1. The Morgan fingerprint density at radius 1 is 1.08 bits per heavy atom. The van der Waals surface area contributed by atoms with E-state index in [1.54, 1.807) is 12.1 Å². The molecular weight excluding hydrogens is 340 g/mol. The number of aromatic nitrogens is 1. The normalized spacial score (nSPS) is 11.3. The van der Waals surface area contributed by atoms with Crippen LogP contribution in [0.15, 0.2) is 64.1 Å². The summed E-state index contributed by atoms with van der Waals surface area (Å²) in [6.45, 7) is 4.36. The molecule has 3 rings (SSSR count). The summed E-state index contributed by atoms with van der Waals surface area (Å²) in [4.78, 5) is 0.113. The summed E-state index contributed by atoms with van der Waals surface area (Å²) in [5, 5.41) is 3.72. The van der Waals surface area contributed by atoms with Crippen molar-refractivity contribution in [3.8, 4) is 16.9 Å². The maximum absolute atomic E-state index is 12.6. The summed E-state index contributed by atoms with van der Waals surface area (Å²) in [5.74, 6) is 0.694. The molecule has 0 aliphatic rings. The molecule has 1 aromatic heterocycles. The third-order valence-corrected chi connectivity index (χ3v) is 4.95. The minimum absolute atomic E-state index is 0.0812. The van der Waals surface area contributed by atoms with Crippen molar-refractivity contribution in [1.29, 1.82) is 0 Å². The summed E-state index contributed by atoms with van der Waals surface area (Å²) in [5.41, 5.74) is 2.50. The van der Waals surface area contributed by atoms with Crippen LogP contribution in [0.5, 0.6) is 5.75 Å². The average molecular weight is 358 g/mol. The molecule has 1 N–H and O–H groups in total. The van der Waals surface area contributed by atoms with Crippen LogP contribution in [0.1, 0.15) is 12.5 Å². The number of hydrogen-bond donors (Lipinski definition) is 1. The number of benzene rings is 2. The molecule has 0 spiro atoms. The molecule has 6 nitrogen and oxygen atoms in total. The smallest absolute Gasteiger partial charge is 0.264 e. The molecule has 0 unspecified atom stereocenters. The zero-order chi connectivity index (χ0) is 17.9. The number of nitrogens with zero attached hydrogens (tertiary/aromatic N) is 1. The van der Waals surface area contributed by atoms with Gasteiger partial charge in [-0.25, -0.2) is 13.1 Å². The van der Waals surface area contributed by atoms with Crippen molar-refractivity contribution in [3.63, 3.8) is 0 Å². The summed E-state index contributed by atoms with van der Waals surface area (Å²) in [6.07, 6.45) is 1.49. The van der Waals surface area contributed by atoms with Gasteiger partial charge in [-0.3, -0.25) is 0 Å². The van der Waals surface area contributed by atoms with E-state index in [9.17, 15) is 8.42 Å². The highest BCUT2D eigenvalue weighted by atomic mass is 32.2. The Bertz CT molecular complexity index is 946. The van der Waals surface area contributed by atoms with E-state index >= 15 is 0 Å². The molecule has 0 atom stereocenters. The second-order valence-corrected chi connectivity index (χ2v) is 7.13. The maximum Gasteiger partial charge on any atom is 0.264 e.